The third kappa shape index (κ3) is 16.2. The van der Waals surface area contributed by atoms with Crippen LogP contribution >= 0.6 is 0 Å². The summed E-state index contributed by atoms with van der Waals surface area (Å²) in [7, 11) is 3.27. The number of methoxy groups -OCH3 is 2. The van der Waals surface area contributed by atoms with Crippen LogP contribution in [0.2, 0.25) is 0 Å². The lowest BCUT2D eigenvalue weighted by molar-refractivity contribution is -0.143. The molecule has 12 nitrogen and oxygen atoms in total. The lowest BCUT2D eigenvalue weighted by Gasteiger charge is -2.42. The molecular formula is C41H73N5O7. The van der Waals surface area contributed by atoms with Gasteiger partial charge in [-0.2, -0.15) is 0 Å². The van der Waals surface area contributed by atoms with Gasteiger partial charge in [-0.15, -0.1) is 0 Å². The van der Waals surface area contributed by atoms with Gasteiger partial charge in [0.1, 0.15) is 29.9 Å². The normalized spacial score (nSPS) is 21.0. The Morgan fingerprint density at radius 3 is 2.04 bits per heavy atom. The van der Waals surface area contributed by atoms with E-state index in [2.05, 4.69) is 31.4 Å². The Labute approximate surface area is 319 Å². The van der Waals surface area contributed by atoms with Gasteiger partial charge in [0.2, 0.25) is 11.8 Å². The van der Waals surface area contributed by atoms with Gasteiger partial charge in [0, 0.05) is 42.9 Å². The molecule has 5 unspecified atom stereocenters. The number of amides is 2. The van der Waals surface area contributed by atoms with E-state index in [4.69, 9.17) is 35.9 Å². The first-order valence-corrected chi connectivity index (χ1v) is 19.9. The lowest BCUT2D eigenvalue weighted by atomic mass is 9.82. The predicted octanol–water partition coefficient (Wildman–Crippen LogP) is 5.12. The van der Waals surface area contributed by atoms with Crippen molar-refractivity contribution in [2.45, 2.75) is 149 Å². The van der Waals surface area contributed by atoms with Crippen molar-refractivity contribution in [3.63, 3.8) is 0 Å². The highest BCUT2D eigenvalue weighted by atomic mass is 16.5. The van der Waals surface area contributed by atoms with Gasteiger partial charge in [-0.1, -0.05) is 73.1 Å². The Morgan fingerprint density at radius 1 is 0.943 bits per heavy atom. The van der Waals surface area contributed by atoms with Crippen LogP contribution in [0.1, 0.15) is 130 Å². The standard InChI is InChI=1S/C33H53N3O4.C4H12N2O3.C4H8/c1-8-25-19-26(29(40-7)20-28(25)39-6)27(34)17-24-16-15-22(2)36(21-24)32(38)31(33(3,4)5)35-30(37)18-23-13-11-9-10-12-14-23;5-4(9)3(8)1-6-2-7;1-4-2-3-4/h19-20,22-24,31,34H,8-18,21H2,1-7H3,(H,35,37);3-4,6-9H,1-2,5H2;4H,2-3H2,1H3. The van der Waals surface area contributed by atoms with Crippen LogP contribution < -0.4 is 25.8 Å². The molecule has 1 aliphatic heterocycles. The van der Waals surface area contributed by atoms with Crippen molar-refractivity contribution >= 4 is 17.5 Å². The van der Waals surface area contributed by atoms with Crippen LogP contribution in [0.25, 0.3) is 0 Å². The molecule has 3 fully saturated rings. The van der Waals surface area contributed by atoms with E-state index >= 15 is 0 Å². The van der Waals surface area contributed by atoms with Crippen molar-refractivity contribution in [3.05, 3.63) is 23.3 Å². The maximum absolute atomic E-state index is 14.0. The third-order valence-corrected chi connectivity index (χ3v) is 10.7. The van der Waals surface area contributed by atoms with Gasteiger partial charge in [-0.05, 0) is 80.2 Å². The Balaban J connectivity index is 0.000000629. The lowest BCUT2D eigenvalue weighted by Crippen LogP contribution is -2.58. The molecule has 2 aliphatic carbocycles. The molecular weight excluding hydrogens is 674 g/mol. The number of ether oxygens (including phenoxy) is 2. The molecule has 1 heterocycles. The second-order valence-corrected chi connectivity index (χ2v) is 16.5. The fourth-order valence-corrected chi connectivity index (χ4v) is 6.90. The molecule has 2 amide bonds. The van der Waals surface area contributed by atoms with Crippen molar-refractivity contribution in [1.82, 2.24) is 15.5 Å². The molecule has 1 saturated heterocycles. The van der Waals surface area contributed by atoms with Gasteiger partial charge in [0.05, 0.1) is 21.0 Å². The molecule has 0 spiro atoms. The summed E-state index contributed by atoms with van der Waals surface area (Å²) in [5.74, 6) is 3.09. The number of aryl methyl sites for hydroxylation is 1. The van der Waals surface area contributed by atoms with E-state index in [9.17, 15) is 9.59 Å². The number of nitrogens with two attached hydrogens (primary N) is 1. The maximum atomic E-state index is 14.0. The summed E-state index contributed by atoms with van der Waals surface area (Å²) in [6, 6.07) is 3.41. The number of aliphatic hydroxyl groups excluding tert-OH is 3. The zero-order valence-electron chi connectivity index (χ0n) is 34.0. The molecule has 0 radical (unpaired) electrons. The number of carbonyl (C=O) groups is 2. The molecule has 3 aliphatic rings. The summed E-state index contributed by atoms with van der Waals surface area (Å²) >= 11 is 0. The molecule has 2 saturated carbocycles. The summed E-state index contributed by atoms with van der Waals surface area (Å²) in [6.45, 7) is 13.0. The smallest absolute Gasteiger partial charge is 0.245 e. The summed E-state index contributed by atoms with van der Waals surface area (Å²) in [5, 5.41) is 39.8. The Bertz CT molecular complexity index is 1260. The van der Waals surface area contributed by atoms with E-state index in [0.717, 1.165) is 54.9 Å². The van der Waals surface area contributed by atoms with Crippen LogP contribution in [0.15, 0.2) is 12.1 Å². The quantitative estimate of drug-likeness (QED) is 0.0769. The van der Waals surface area contributed by atoms with Crippen molar-refractivity contribution in [3.8, 4) is 11.5 Å². The Kier molecular flexibility index (Phi) is 20.3. The minimum Gasteiger partial charge on any atom is -0.496 e. The fraction of sp³-hybridized carbons (Fsp3) is 0.780. The SMILES string of the molecule is CC1CC1.CCc1cc(C(=N)CC2CCC(C)N(C(=O)C(NC(=O)CC3CCCCCC3)C(C)(C)C)C2)c(OC)cc1OC.NC(O)C(O)CNCO. The van der Waals surface area contributed by atoms with E-state index in [1.165, 1.54) is 38.5 Å². The second kappa shape index (κ2) is 23.2. The van der Waals surface area contributed by atoms with E-state index < -0.39 is 23.8 Å². The second-order valence-electron chi connectivity index (χ2n) is 16.5. The largest absolute Gasteiger partial charge is 0.496 e. The number of likely N-dealkylation sites (tertiary alicyclic amines) is 1. The van der Waals surface area contributed by atoms with Crippen molar-refractivity contribution in [2.24, 2.45) is 28.9 Å². The molecule has 304 valence electrons. The predicted molar refractivity (Wildman–Crippen MR) is 211 cm³/mol. The van der Waals surface area contributed by atoms with Gasteiger partial charge < -0.3 is 46.2 Å². The fourth-order valence-electron chi connectivity index (χ4n) is 6.90. The monoisotopic (exact) mass is 748 g/mol. The molecule has 4 rings (SSSR count). The number of hydrogen-bond acceptors (Lipinski definition) is 10. The summed E-state index contributed by atoms with van der Waals surface area (Å²) < 4.78 is 11.1. The number of rotatable bonds is 14. The van der Waals surface area contributed by atoms with Gasteiger partial charge >= 0.3 is 0 Å². The highest BCUT2D eigenvalue weighted by Gasteiger charge is 2.39. The van der Waals surface area contributed by atoms with Gasteiger partial charge in [0.25, 0.3) is 0 Å². The summed E-state index contributed by atoms with van der Waals surface area (Å²) in [5.41, 5.74) is 6.81. The van der Waals surface area contributed by atoms with Gasteiger partial charge in [-0.3, -0.25) is 14.9 Å². The first-order chi connectivity index (χ1) is 25.1. The van der Waals surface area contributed by atoms with Crippen LogP contribution in [-0.4, -0.2) is 96.2 Å². The number of hydrogen-bond donors (Lipinski definition) is 7. The van der Waals surface area contributed by atoms with Crippen molar-refractivity contribution in [2.75, 3.05) is 34.0 Å². The summed E-state index contributed by atoms with van der Waals surface area (Å²) in [4.78, 5) is 29.1. The van der Waals surface area contributed by atoms with Gasteiger partial charge in [0.15, 0.2) is 0 Å². The van der Waals surface area contributed by atoms with E-state index in [-0.39, 0.29) is 37.0 Å². The average molecular weight is 748 g/mol. The highest BCUT2D eigenvalue weighted by Crippen LogP contribution is 2.34. The molecule has 1 aromatic rings. The minimum atomic E-state index is -1.25. The molecule has 0 aromatic heterocycles. The molecule has 5 atom stereocenters. The molecule has 1 aromatic carbocycles. The molecule has 8 N–H and O–H groups in total. The Morgan fingerprint density at radius 2 is 1.55 bits per heavy atom. The Hall–Kier alpha value is -2.77. The molecule has 0 bridgehead atoms. The highest BCUT2D eigenvalue weighted by molar-refractivity contribution is 6.01. The number of piperidine rings is 1. The minimum absolute atomic E-state index is 0.000689. The van der Waals surface area contributed by atoms with E-state index in [0.29, 0.717) is 36.8 Å². The van der Waals surface area contributed by atoms with Gasteiger partial charge in [-0.25, -0.2) is 0 Å². The zero-order valence-corrected chi connectivity index (χ0v) is 34.0. The first-order valence-electron chi connectivity index (χ1n) is 19.9. The number of carbonyl (C=O) groups excluding carboxylic acids is 2. The van der Waals surface area contributed by atoms with Crippen LogP contribution in [0.4, 0.5) is 0 Å². The maximum Gasteiger partial charge on any atom is 0.245 e. The average Bonchev–Trinajstić information content (AvgIpc) is 3.95. The van der Waals surface area contributed by atoms with Crippen molar-refractivity contribution < 1.29 is 34.4 Å². The van der Waals surface area contributed by atoms with E-state index in [1.54, 1.807) is 14.2 Å². The van der Waals surface area contributed by atoms with Crippen LogP contribution in [-0.2, 0) is 16.0 Å². The number of nitrogens with one attached hydrogen (secondary N) is 3. The number of nitrogens with zero attached hydrogens (tertiary/aromatic N) is 1. The van der Waals surface area contributed by atoms with Crippen LogP contribution in [0.3, 0.4) is 0 Å². The molecule has 53 heavy (non-hydrogen) atoms. The van der Waals surface area contributed by atoms with E-state index in [1.807, 2.05) is 37.8 Å². The van der Waals surface area contributed by atoms with Crippen LogP contribution in [0, 0.1) is 28.6 Å². The third-order valence-electron chi connectivity index (χ3n) is 10.7. The number of benzene rings is 1. The topological polar surface area (TPSA) is 190 Å². The zero-order chi connectivity index (χ0) is 39.7. The van der Waals surface area contributed by atoms with Crippen LogP contribution in [0.5, 0.6) is 11.5 Å². The number of aliphatic hydroxyl groups is 3. The van der Waals surface area contributed by atoms with Crippen molar-refractivity contribution in [1.29, 1.82) is 5.41 Å². The first kappa shape index (κ1) is 46.4. The molecule has 12 heteroatoms. The summed E-state index contributed by atoms with van der Waals surface area (Å²) in [6.07, 6.45) is 11.6.